The fraction of sp³-hybridized carbons (Fsp3) is 0.588. The number of rotatable bonds is 5. The lowest BCUT2D eigenvalue weighted by Crippen LogP contribution is -2.22. The number of carbonyl (C=O) groups excluding carboxylic acids is 1. The molecule has 1 aromatic carbocycles. The van der Waals surface area contributed by atoms with Crippen LogP contribution in [0, 0.1) is 5.92 Å². The molecule has 3 nitrogen and oxygen atoms in total. The van der Waals surface area contributed by atoms with Gasteiger partial charge in [0.2, 0.25) is 0 Å². The highest BCUT2D eigenvalue weighted by molar-refractivity contribution is 5.69. The first-order valence-electron chi connectivity index (χ1n) is 8.20. The Morgan fingerprint density at radius 3 is 2.19 bits per heavy atom. The highest BCUT2D eigenvalue weighted by Gasteiger charge is 2.38. The Morgan fingerprint density at radius 2 is 1.69 bits per heavy atom. The summed E-state index contributed by atoms with van der Waals surface area (Å²) in [6.07, 6.45) is -8.46. The third-order valence-corrected chi connectivity index (χ3v) is 4.29. The highest BCUT2D eigenvalue weighted by atomic mass is 19.4. The Bertz CT molecular complexity index is 609. The second-order valence-electron chi connectivity index (χ2n) is 6.21. The lowest BCUT2D eigenvalue weighted by atomic mass is 10.0. The van der Waals surface area contributed by atoms with Gasteiger partial charge in [0.05, 0.1) is 17.7 Å². The minimum atomic E-state index is -4.86. The minimum Gasteiger partial charge on any atom is -0.466 e. The molecule has 0 amide bonds. The number of benzene rings is 1. The molecule has 2 rings (SSSR count). The Kier molecular flexibility index (Phi) is 6.08. The quantitative estimate of drug-likeness (QED) is 0.535. The summed E-state index contributed by atoms with van der Waals surface area (Å²) in [7, 11) is 0. The highest BCUT2D eigenvalue weighted by Crippen LogP contribution is 2.39. The molecule has 146 valence electrons. The van der Waals surface area contributed by atoms with Gasteiger partial charge in [-0.05, 0) is 43.9 Å². The first-order valence-corrected chi connectivity index (χ1v) is 8.20. The average Bonchev–Trinajstić information content (AvgIpc) is 3.00. The fourth-order valence-electron chi connectivity index (χ4n) is 2.98. The van der Waals surface area contributed by atoms with Crippen molar-refractivity contribution in [1.29, 1.82) is 0 Å². The monoisotopic (exact) mass is 383 g/mol. The van der Waals surface area contributed by atoms with E-state index in [2.05, 4.69) is 0 Å². The number of hydrogen-bond acceptors (Lipinski definition) is 3. The van der Waals surface area contributed by atoms with E-state index in [-0.39, 0.29) is 36.7 Å². The van der Waals surface area contributed by atoms with Gasteiger partial charge in [0.1, 0.15) is 0 Å². The van der Waals surface area contributed by atoms with Crippen molar-refractivity contribution in [3.8, 4) is 0 Å². The minimum absolute atomic E-state index is 0.0169. The van der Waals surface area contributed by atoms with Gasteiger partial charge in [0.25, 0.3) is 0 Å². The SMILES string of the molecule is CCOC(=O)CCC1CCN(c2cc(C(F)(F)F)cc(C(F)(F)F)c2)C1. The lowest BCUT2D eigenvalue weighted by molar-refractivity contribution is -0.144. The van der Waals surface area contributed by atoms with Gasteiger partial charge < -0.3 is 9.64 Å². The van der Waals surface area contributed by atoms with E-state index >= 15 is 0 Å². The van der Waals surface area contributed by atoms with Crippen LogP contribution < -0.4 is 4.90 Å². The van der Waals surface area contributed by atoms with Crippen molar-refractivity contribution in [2.24, 2.45) is 5.92 Å². The number of nitrogens with zero attached hydrogens (tertiary/aromatic N) is 1. The maximum absolute atomic E-state index is 12.9. The van der Waals surface area contributed by atoms with E-state index in [1.165, 1.54) is 4.90 Å². The average molecular weight is 383 g/mol. The van der Waals surface area contributed by atoms with E-state index in [0.717, 1.165) is 12.1 Å². The second kappa shape index (κ2) is 7.75. The van der Waals surface area contributed by atoms with Crippen LogP contribution in [-0.2, 0) is 21.9 Å². The zero-order chi connectivity index (χ0) is 19.5. The molecule has 0 spiro atoms. The number of carbonyl (C=O) groups is 1. The molecule has 1 heterocycles. The lowest BCUT2D eigenvalue weighted by Gasteiger charge is -2.22. The first-order chi connectivity index (χ1) is 12.0. The molecule has 0 N–H and O–H groups in total. The number of hydrogen-bond donors (Lipinski definition) is 0. The van der Waals surface area contributed by atoms with E-state index in [1.807, 2.05) is 0 Å². The van der Waals surface area contributed by atoms with Crippen LogP contribution >= 0.6 is 0 Å². The summed E-state index contributed by atoms with van der Waals surface area (Å²) < 4.78 is 82.5. The van der Waals surface area contributed by atoms with Crippen molar-refractivity contribution in [2.75, 3.05) is 24.6 Å². The summed E-state index contributed by atoms with van der Waals surface area (Å²) in [5.74, 6) is -0.340. The summed E-state index contributed by atoms with van der Waals surface area (Å²) in [5.41, 5.74) is -2.75. The van der Waals surface area contributed by atoms with Gasteiger partial charge in [-0.1, -0.05) is 0 Å². The third kappa shape index (κ3) is 5.28. The van der Waals surface area contributed by atoms with Crippen LogP contribution in [0.25, 0.3) is 0 Å². The standard InChI is InChI=1S/C17H19F6NO2/c1-2-26-15(25)4-3-11-5-6-24(10-11)14-8-12(16(18,19)20)7-13(9-14)17(21,22)23/h7-9,11H,2-6,10H2,1H3. The molecule has 0 saturated carbocycles. The van der Waals surface area contributed by atoms with Crippen LogP contribution in [0.3, 0.4) is 0 Å². The van der Waals surface area contributed by atoms with Crippen LogP contribution in [0.5, 0.6) is 0 Å². The van der Waals surface area contributed by atoms with Gasteiger partial charge in [-0.3, -0.25) is 4.79 Å². The molecule has 26 heavy (non-hydrogen) atoms. The number of halogens is 6. The first kappa shape index (κ1) is 20.4. The van der Waals surface area contributed by atoms with E-state index in [4.69, 9.17) is 4.74 Å². The Balaban J connectivity index is 2.14. The van der Waals surface area contributed by atoms with Gasteiger partial charge >= 0.3 is 18.3 Å². The van der Waals surface area contributed by atoms with Gasteiger partial charge in [0.15, 0.2) is 0 Å². The summed E-state index contributed by atoms with van der Waals surface area (Å²) in [4.78, 5) is 12.9. The molecule has 0 aliphatic carbocycles. The maximum Gasteiger partial charge on any atom is 0.416 e. The van der Waals surface area contributed by atoms with Crippen molar-refractivity contribution in [3.05, 3.63) is 29.3 Å². The van der Waals surface area contributed by atoms with Crippen molar-refractivity contribution in [3.63, 3.8) is 0 Å². The van der Waals surface area contributed by atoms with Crippen LogP contribution in [0.2, 0.25) is 0 Å². The van der Waals surface area contributed by atoms with E-state index in [0.29, 0.717) is 25.9 Å². The predicted molar refractivity (Wildman–Crippen MR) is 82.6 cm³/mol. The smallest absolute Gasteiger partial charge is 0.416 e. The number of alkyl halides is 6. The summed E-state index contributed by atoms with van der Waals surface area (Å²) in [6, 6.07) is 1.60. The van der Waals surface area contributed by atoms with E-state index in [9.17, 15) is 31.1 Å². The van der Waals surface area contributed by atoms with Crippen LogP contribution in [0.15, 0.2) is 18.2 Å². The zero-order valence-corrected chi connectivity index (χ0v) is 14.1. The molecule has 1 atom stereocenters. The molecule has 0 bridgehead atoms. The molecule has 1 aliphatic rings. The molecule has 1 aliphatic heterocycles. The number of anilines is 1. The normalized spacial score (nSPS) is 18.3. The van der Waals surface area contributed by atoms with Crippen LogP contribution in [0.1, 0.15) is 37.3 Å². The van der Waals surface area contributed by atoms with Gasteiger partial charge in [-0.15, -0.1) is 0 Å². The van der Waals surface area contributed by atoms with Crippen molar-refractivity contribution in [2.45, 2.75) is 38.5 Å². The van der Waals surface area contributed by atoms with Crippen molar-refractivity contribution in [1.82, 2.24) is 0 Å². The molecule has 1 saturated heterocycles. The Hall–Kier alpha value is -1.93. The van der Waals surface area contributed by atoms with Crippen molar-refractivity contribution >= 4 is 11.7 Å². The van der Waals surface area contributed by atoms with Crippen molar-refractivity contribution < 1.29 is 35.9 Å². The molecule has 0 aromatic heterocycles. The maximum atomic E-state index is 12.9. The van der Waals surface area contributed by atoms with E-state index < -0.39 is 23.5 Å². The third-order valence-electron chi connectivity index (χ3n) is 4.29. The summed E-state index contributed by atoms with van der Waals surface area (Å²) in [5, 5.41) is 0. The summed E-state index contributed by atoms with van der Waals surface area (Å²) in [6.45, 7) is 2.59. The molecule has 1 unspecified atom stereocenters. The molecule has 9 heteroatoms. The molecule has 1 aromatic rings. The van der Waals surface area contributed by atoms with Gasteiger partial charge in [-0.25, -0.2) is 0 Å². The Morgan fingerprint density at radius 1 is 1.12 bits per heavy atom. The number of ether oxygens (including phenoxy) is 1. The molecule has 0 radical (unpaired) electrons. The zero-order valence-electron chi connectivity index (χ0n) is 14.1. The largest absolute Gasteiger partial charge is 0.466 e. The summed E-state index contributed by atoms with van der Waals surface area (Å²) >= 11 is 0. The Labute approximate surface area is 146 Å². The number of esters is 1. The molecular formula is C17H19F6NO2. The van der Waals surface area contributed by atoms with E-state index in [1.54, 1.807) is 6.92 Å². The molecule has 1 fully saturated rings. The topological polar surface area (TPSA) is 29.5 Å². The molecular weight excluding hydrogens is 364 g/mol. The van der Waals surface area contributed by atoms with Gasteiger partial charge in [0, 0.05) is 25.2 Å². The second-order valence-corrected chi connectivity index (χ2v) is 6.21. The van der Waals surface area contributed by atoms with Crippen LogP contribution in [0.4, 0.5) is 32.0 Å². The van der Waals surface area contributed by atoms with Gasteiger partial charge in [-0.2, -0.15) is 26.3 Å². The van der Waals surface area contributed by atoms with Crippen LogP contribution in [-0.4, -0.2) is 25.7 Å². The fourth-order valence-corrected chi connectivity index (χ4v) is 2.98. The predicted octanol–water partition coefficient (Wildman–Crippen LogP) is 4.89.